The van der Waals surface area contributed by atoms with Crippen molar-refractivity contribution < 1.29 is 62.1 Å². The van der Waals surface area contributed by atoms with E-state index in [2.05, 4.69) is 169 Å². The van der Waals surface area contributed by atoms with Crippen LogP contribution in [0.15, 0.2) is 0 Å². The first-order valence-corrected chi connectivity index (χ1v) is 47.5. The molecule has 722 valence electrons. The molecule has 4 aliphatic rings. The normalized spacial score (nSPS) is 22.6. The third-order valence-corrected chi connectivity index (χ3v) is 24.9. The average molecular weight is 1730 g/mol. The molecule has 20 nitrogen and oxygen atoms in total. The van der Waals surface area contributed by atoms with Crippen molar-refractivity contribution in [2.45, 2.75) is 497 Å². The molecule has 122 heavy (non-hydrogen) atoms. The highest BCUT2D eigenvalue weighted by Crippen LogP contribution is 2.69. The van der Waals surface area contributed by atoms with Gasteiger partial charge in [0.2, 0.25) is 17.7 Å². The quantitative estimate of drug-likeness (QED) is 0.0279. The SMILES string of the molecule is C.C.C.C.CC(C)CCCCC(=O)NCCCCC(NC(C)C)C(=O)C(C)C.CC(C)NC(CCC(=O)NC(CCC(=O)NC(CCC(=O)C(C)C)C(=O)C(C)C)C(=O)C(C)C)C(=O)C(C)C.CC(C)NCCCC(NC(C)C)C(=O)C(C)C.CC(C)OC[C@@H](C)C1CCC2C3C(OC(C)C)CC4CC(OC(C)C)CCC4(C)C3CC(OC(C)C)C21C. The van der Waals surface area contributed by atoms with E-state index in [1.807, 2.05) is 55.4 Å². The Morgan fingerprint density at radius 1 is 0.377 bits per heavy atom. The standard InChI is InChI=1S/C34H62O4.C30H53N3O6.C20H40N2O2.C14H30N2O.4CH4/c1-20(2)35-19-24(9)27-12-13-28-32-29(18-31(34(27,28)11)38-23(7)8)33(10)15-14-26(36-21(3)4)16-25(33)17-30(32)37-22(5)6;1-17(2)25(34)14-11-23(29(38)19(5)6)32-27(36)16-13-24(30(39)20(7)8)33-26(35)15-12-22(31-21(9)10)28(37)18(3)4;1-15(2)11-7-8-13-19(23)21-14-10-9-12-18(22-17(5)6)20(24)16(3)4;1-10(2)14(17)13(16-12(5)6)8-7-9-15-11(3)4;;;;/h20-32H,12-19H2,1-11H3;17-24,31H,11-16H2,1-10H3,(H,32,36)(H,33,35);15-18,22H,7-14H2,1-6H3,(H,21,23);10-13,15-16H,7-9H2,1-6H3;4*1H4/t24-,25?,26?,27?,28?,29?,30?,31?,32?,33?,34?;;;;;;;/m1......./s1. The highest BCUT2D eigenvalue weighted by molar-refractivity contribution is 5.93. The van der Waals surface area contributed by atoms with Crippen LogP contribution in [0.25, 0.3) is 0 Å². The number of amides is 3. The van der Waals surface area contributed by atoms with Gasteiger partial charge in [-0.1, -0.05) is 216 Å². The minimum Gasteiger partial charge on any atom is -0.379 e. The monoisotopic (exact) mass is 1730 g/mol. The molecule has 3 amide bonds. The molecule has 4 fully saturated rings. The first-order valence-electron chi connectivity index (χ1n) is 47.5. The molecule has 0 spiro atoms. The number of ketones is 6. The molecule has 0 saturated heterocycles. The van der Waals surface area contributed by atoms with Crippen molar-refractivity contribution in [3.63, 3.8) is 0 Å². The molecule has 4 rings (SSSR count). The van der Waals surface area contributed by atoms with Crippen molar-refractivity contribution in [1.29, 1.82) is 0 Å². The van der Waals surface area contributed by atoms with E-state index in [-0.39, 0.29) is 180 Å². The second-order valence-corrected chi connectivity index (χ2v) is 41.0. The molecule has 0 aromatic heterocycles. The summed E-state index contributed by atoms with van der Waals surface area (Å²) >= 11 is 0. The number of rotatable bonds is 53. The Balaban J connectivity index is -0.000000786. The smallest absolute Gasteiger partial charge is 0.220 e. The van der Waals surface area contributed by atoms with Crippen LogP contribution in [0.2, 0.25) is 0 Å². The number of carbonyl (C=O) groups is 9. The Hall–Kier alpha value is -3.89. The van der Waals surface area contributed by atoms with Crippen molar-refractivity contribution in [2.24, 2.45) is 87.8 Å². The molecular weight excluding hydrogens is 1530 g/mol. The molecule has 15 unspecified atom stereocenters. The third kappa shape index (κ3) is 45.9. The molecule has 0 aliphatic heterocycles. The Labute approximate surface area is 751 Å². The molecule has 16 atom stereocenters. The summed E-state index contributed by atoms with van der Waals surface area (Å²) in [6.45, 7) is 70.9. The number of hydrogen-bond donors (Lipinski definition) is 7. The van der Waals surface area contributed by atoms with Crippen molar-refractivity contribution in [3.8, 4) is 0 Å². The fraction of sp³-hybridized carbons (Fsp3) is 0.912. The summed E-state index contributed by atoms with van der Waals surface area (Å²) in [5.41, 5.74) is 0.521. The maximum atomic E-state index is 12.8. The fourth-order valence-electron chi connectivity index (χ4n) is 18.8. The van der Waals surface area contributed by atoms with Gasteiger partial charge in [0.1, 0.15) is 5.78 Å². The van der Waals surface area contributed by atoms with E-state index in [1.165, 1.54) is 51.4 Å². The maximum absolute atomic E-state index is 12.8. The van der Waals surface area contributed by atoms with Crippen molar-refractivity contribution >= 4 is 52.4 Å². The highest BCUT2D eigenvalue weighted by atomic mass is 16.5. The largest absolute Gasteiger partial charge is 0.379 e. The van der Waals surface area contributed by atoms with Gasteiger partial charge in [-0.3, -0.25) is 43.2 Å². The lowest BCUT2D eigenvalue weighted by molar-refractivity contribution is -0.238. The zero-order valence-corrected chi connectivity index (χ0v) is 81.7. The van der Waals surface area contributed by atoms with Crippen LogP contribution >= 0.6 is 0 Å². The molecule has 0 bridgehead atoms. The number of hydrogen-bond acceptors (Lipinski definition) is 17. The average Bonchev–Trinajstić information content (AvgIpc) is 1.41. The zero-order chi connectivity index (χ0) is 90.4. The first kappa shape index (κ1) is 124. The van der Waals surface area contributed by atoms with Crippen molar-refractivity contribution in [1.82, 2.24) is 37.2 Å². The van der Waals surface area contributed by atoms with E-state index in [0.717, 1.165) is 58.1 Å². The van der Waals surface area contributed by atoms with Gasteiger partial charge >= 0.3 is 0 Å². The minimum absolute atomic E-state index is 0. The molecule has 0 heterocycles. The van der Waals surface area contributed by atoms with Crippen LogP contribution in [0.5, 0.6) is 0 Å². The number of ether oxygens (including phenoxy) is 4. The summed E-state index contributed by atoms with van der Waals surface area (Å²) in [6, 6.07) is -0.875. The molecule has 4 aliphatic carbocycles. The lowest BCUT2D eigenvalue weighted by Gasteiger charge is -2.65. The van der Waals surface area contributed by atoms with Gasteiger partial charge < -0.3 is 56.2 Å². The number of carbonyl (C=O) groups excluding carboxylic acids is 9. The summed E-state index contributed by atoms with van der Waals surface area (Å²) in [6.07, 6.45) is 20.3. The second-order valence-electron chi connectivity index (χ2n) is 41.0. The number of Topliss-reactive ketones (excluding diaryl/α,β-unsaturated/α-hetero) is 6. The molecule has 7 N–H and O–H groups in total. The Morgan fingerprint density at radius 2 is 0.803 bits per heavy atom. The summed E-state index contributed by atoms with van der Waals surface area (Å²) in [5.74, 6) is 3.43. The number of fused-ring (bicyclic) bond motifs is 5. The summed E-state index contributed by atoms with van der Waals surface area (Å²) in [4.78, 5) is 112. The van der Waals surface area contributed by atoms with E-state index >= 15 is 0 Å². The topological polar surface area (TPSA) is 275 Å². The van der Waals surface area contributed by atoms with Gasteiger partial charge in [0.25, 0.3) is 0 Å². The van der Waals surface area contributed by atoms with Crippen molar-refractivity contribution in [2.75, 3.05) is 19.7 Å². The number of nitrogens with one attached hydrogen (secondary N) is 7. The van der Waals surface area contributed by atoms with Crippen LogP contribution < -0.4 is 37.2 Å². The van der Waals surface area contributed by atoms with Gasteiger partial charge in [-0.25, -0.2) is 0 Å². The van der Waals surface area contributed by atoms with Crippen molar-refractivity contribution in [3.05, 3.63) is 0 Å². The van der Waals surface area contributed by atoms with Crippen LogP contribution in [-0.2, 0) is 62.1 Å². The molecule has 0 radical (unpaired) electrons. The van der Waals surface area contributed by atoms with Crippen LogP contribution in [0.1, 0.15) is 399 Å². The van der Waals surface area contributed by atoms with E-state index < -0.39 is 24.0 Å². The van der Waals surface area contributed by atoms with Crippen LogP contribution in [0, 0.1) is 87.8 Å². The van der Waals surface area contributed by atoms with Gasteiger partial charge in [-0.05, 0) is 212 Å². The minimum atomic E-state index is -0.859. The molecule has 0 aromatic rings. The fourth-order valence-corrected chi connectivity index (χ4v) is 18.8. The third-order valence-electron chi connectivity index (χ3n) is 24.9. The second kappa shape index (κ2) is 63.2. The predicted molar refractivity (Wildman–Crippen MR) is 513 cm³/mol. The summed E-state index contributed by atoms with van der Waals surface area (Å²) < 4.78 is 26.5. The Bertz CT molecular complexity index is 2890. The van der Waals surface area contributed by atoms with Gasteiger partial charge in [0.05, 0.1) is 72.9 Å². The molecule has 0 aromatic carbocycles. The summed E-state index contributed by atoms with van der Waals surface area (Å²) in [7, 11) is 0. The van der Waals surface area contributed by atoms with E-state index in [0.29, 0.717) is 115 Å². The lowest BCUT2D eigenvalue weighted by Crippen LogP contribution is -2.63. The zero-order valence-electron chi connectivity index (χ0n) is 81.7. The van der Waals surface area contributed by atoms with E-state index in [9.17, 15) is 43.2 Å². The lowest BCUT2D eigenvalue weighted by atomic mass is 9.43. The molecule has 4 saturated carbocycles. The van der Waals surface area contributed by atoms with Gasteiger partial charge in [-0.2, -0.15) is 0 Å². The maximum Gasteiger partial charge on any atom is 0.220 e. The van der Waals surface area contributed by atoms with E-state index in [4.69, 9.17) is 18.9 Å². The van der Waals surface area contributed by atoms with Crippen LogP contribution in [0.3, 0.4) is 0 Å². The highest BCUT2D eigenvalue weighted by Gasteiger charge is 2.67. The van der Waals surface area contributed by atoms with Gasteiger partial charge in [0.15, 0.2) is 28.9 Å². The van der Waals surface area contributed by atoms with Crippen LogP contribution in [0.4, 0.5) is 0 Å². The Kier molecular flexibility index (Phi) is 64.4. The predicted octanol–water partition coefficient (Wildman–Crippen LogP) is 20.9. The van der Waals surface area contributed by atoms with Gasteiger partial charge in [0, 0.05) is 104 Å². The summed E-state index contributed by atoms with van der Waals surface area (Å²) in [5, 5.41) is 21.8. The van der Waals surface area contributed by atoms with E-state index in [1.54, 1.807) is 41.5 Å². The van der Waals surface area contributed by atoms with Gasteiger partial charge in [-0.15, -0.1) is 0 Å². The molecular formula is C102H201N7O13. The first-order chi connectivity index (χ1) is 54.8. The molecule has 20 heteroatoms. The van der Waals surface area contributed by atoms with Crippen LogP contribution in [-0.4, -0.2) is 169 Å². The number of unbranched alkanes of at least 4 members (excludes halogenated alkanes) is 2. The Morgan fingerprint density at radius 3 is 1.22 bits per heavy atom.